The molecule has 6 nitrogen and oxygen atoms in total. The van der Waals surface area contributed by atoms with Crippen molar-refractivity contribution in [2.45, 2.75) is 52.2 Å². The number of nitrogens with one attached hydrogen (secondary N) is 1. The molecular weight excluding hydrogens is 386 g/mol. The molecule has 0 unspecified atom stereocenters. The normalized spacial score (nSPS) is 15.8. The Hall–Kier alpha value is -2.67. The summed E-state index contributed by atoms with van der Waals surface area (Å²) in [4.78, 5) is 38.6. The third-order valence-corrected chi connectivity index (χ3v) is 6.43. The lowest BCUT2D eigenvalue weighted by atomic mass is 10.1. The minimum absolute atomic E-state index is 0.0285. The van der Waals surface area contributed by atoms with Crippen molar-refractivity contribution in [2.75, 3.05) is 0 Å². The van der Waals surface area contributed by atoms with Crippen LogP contribution in [0.25, 0.3) is 10.2 Å². The van der Waals surface area contributed by atoms with Crippen LogP contribution in [0.4, 0.5) is 0 Å². The molecule has 0 bridgehead atoms. The van der Waals surface area contributed by atoms with E-state index < -0.39 is 5.69 Å². The van der Waals surface area contributed by atoms with Crippen LogP contribution in [0.2, 0.25) is 0 Å². The van der Waals surface area contributed by atoms with Crippen LogP contribution in [0.1, 0.15) is 43.9 Å². The highest BCUT2D eigenvalue weighted by molar-refractivity contribution is 7.17. The number of thiophene rings is 1. The molecule has 1 N–H and O–H groups in total. The Morgan fingerprint density at radius 3 is 2.79 bits per heavy atom. The Labute approximate surface area is 172 Å². The predicted molar refractivity (Wildman–Crippen MR) is 115 cm³/mol. The summed E-state index contributed by atoms with van der Waals surface area (Å²) in [7, 11) is 0. The number of nitrogens with zero attached hydrogens (tertiary/aromatic N) is 2. The summed E-state index contributed by atoms with van der Waals surface area (Å²) in [5.74, 6) is 0.162. The second kappa shape index (κ2) is 7.99. The highest BCUT2D eigenvalue weighted by Gasteiger charge is 2.24. The second-order valence-corrected chi connectivity index (χ2v) is 8.92. The van der Waals surface area contributed by atoms with Gasteiger partial charge in [0.05, 0.1) is 11.6 Å². The molecule has 2 heterocycles. The van der Waals surface area contributed by atoms with Gasteiger partial charge in [-0.05, 0) is 47.8 Å². The number of amides is 1. The largest absolute Gasteiger partial charge is 0.348 e. The Balaban J connectivity index is 1.62. The summed E-state index contributed by atoms with van der Waals surface area (Å²) < 4.78 is 3.23. The summed E-state index contributed by atoms with van der Waals surface area (Å²) in [6.45, 7) is 4.38. The minimum Gasteiger partial charge on any atom is -0.348 e. The van der Waals surface area contributed by atoms with Crippen molar-refractivity contribution in [2.24, 2.45) is 5.92 Å². The fraction of sp³-hybridized carbons (Fsp3) is 0.409. The van der Waals surface area contributed by atoms with Gasteiger partial charge >= 0.3 is 5.69 Å². The fourth-order valence-electron chi connectivity index (χ4n) is 3.96. The molecule has 3 aromatic rings. The van der Waals surface area contributed by atoms with Crippen LogP contribution in [0, 0.1) is 5.92 Å². The summed E-state index contributed by atoms with van der Waals surface area (Å²) in [5.41, 5.74) is 2.27. The molecule has 0 radical (unpaired) electrons. The van der Waals surface area contributed by atoms with Crippen molar-refractivity contribution in [3.05, 3.63) is 67.7 Å². The van der Waals surface area contributed by atoms with Crippen molar-refractivity contribution in [1.82, 2.24) is 14.5 Å². The van der Waals surface area contributed by atoms with E-state index in [9.17, 15) is 14.4 Å². The first-order chi connectivity index (χ1) is 14.0. The molecule has 29 heavy (non-hydrogen) atoms. The third-order valence-electron chi connectivity index (χ3n) is 5.54. The lowest BCUT2D eigenvalue weighted by molar-refractivity contribution is -0.122. The van der Waals surface area contributed by atoms with Crippen LogP contribution in [-0.4, -0.2) is 15.0 Å². The molecule has 7 heteroatoms. The number of aryl methyl sites for hydroxylation is 1. The number of benzene rings is 1. The minimum atomic E-state index is -0.413. The molecule has 0 spiro atoms. The highest BCUT2D eigenvalue weighted by atomic mass is 32.1. The van der Waals surface area contributed by atoms with Gasteiger partial charge in [-0.25, -0.2) is 4.79 Å². The van der Waals surface area contributed by atoms with Gasteiger partial charge in [0, 0.05) is 6.54 Å². The van der Waals surface area contributed by atoms with Crippen LogP contribution in [0.5, 0.6) is 0 Å². The van der Waals surface area contributed by atoms with Crippen molar-refractivity contribution < 1.29 is 4.79 Å². The molecule has 1 aliphatic rings. The molecular formula is C22H25N3O3S. The predicted octanol–water partition coefficient (Wildman–Crippen LogP) is 3.07. The number of rotatable bonds is 6. The zero-order valence-corrected chi connectivity index (χ0v) is 17.5. The van der Waals surface area contributed by atoms with E-state index in [1.54, 1.807) is 11.4 Å². The maximum absolute atomic E-state index is 13.0. The lowest BCUT2D eigenvalue weighted by Gasteiger charge is -2.16. The van der Waals surface area contributed by atoms with Crippen LogP contribution in [-0.2, 0) is 24.3 Å². The molecule has 0 aliphatic heterocycles. The number of hydrogen-bond donors (Lipinski definition) is 1. The third kappa shape index (κ3) is 3.79. The van der Waals surface area contributed by atoms with Gasteiger partial charge in [0.1, 0.15) is 11.2 Å². The van der Waals surface area contributed by atoms with Gasteiger partial charge in [0.25, 0.3) is 5.56 Å². The quantitative estimate of drug-likeness (QED) is 0.678. The first-order valence-corrected chi connectivity index (χ1v) is 10.9. The first-order valence-electron chi connectivity index (χ1n) is 10.0. The number of hydrogen-bond acceptors (Lipinski definition) is 4. The standard InChI is InChI=1S/C22H25N3O3S/c1-14(2)9-11-24-21(27)20-18(10-12-29-20)25(22(24)28)13-19(26)23-17-8-7-15-5-3-4-6-16(15)17/h3-6,10,12,14,17H,7-9,11,13H2,1-2H3,(H,23,26)/t17-/m0/s1. The van der Waals surface area contributed by atoms with E-state index in [4.69, 9.17) is 0 Å². The van der Waals surface area contributed by atoms with Gasteiger partial charge in [0.15, 0.2) is 0 Å². The zero-order valence-electron chi connectivity index (χ0n) is 16.7. The van der Waals surface area contributed by atoms with Gasteiger partial charge < -0.3 is 5.32 Å². The average molecular weight is 412 g/mol. The van der Waals surface area contributed by atoms with E-state index in [0.717, 1.165) is 24.8 Å². The van der Waals surface area contributed by atoms with Gasteiger partial charge in [0.2, 0.25) is 5.91 Å². The van der Waals surface area contributed by atoms with Crippen molar-refractivity contribution in [3.63, 3.8) is 0 Å². The van der Waals surface area contributed by atoms with E-state index in [0.29, 0.717) is 22.7 Å². The summed E-state index contributed by atoms with van der Waals surface area (Å²) in [5, 5.41) is 4.86. The van der Waals surface area contributed by atoms with E-state index >= 15 is 0 Å². The molecule has 1 aliphatic carbocycles. The number of carbonyl (C=O) groups excluding carboxylic acids is 1. The van der Waals surface area contributed by atoms with E-state index in [-0.39, 0.29) is 24.1 Å². The Morgan fingerprint density at radius 2 is 2.00 bits per heavy atom. The first kappa shape index (κ1) is 19.6. The molecule has 1 atom stereocenters. The maximum Gasteiger partial charge on any atom is 0.332 e. The second-order valence-electron chi connectivity index (χ2n) is 8.00. The van der Waals surface area contributed by atoms with Crippen LogP contribution < -0.4 is 16.6 Å². The zero-order chi connectivity index (χ0) is 20.5. The lowest BCUT2D eigenvalue weighted by Crippen LogP contribution is -2.42. The van der Waals surface area contributed by atoms with Crippen molar-refractivity contribution in [3.8, 4) is 0 Å². The molecule has 0 saturated heterocycles. The molecule has 1 amide bonds. The highest BCUT2D eigenvalue weighted by Crippen LogP contribution is 2.30. The molecule has 1 aromatic carbocycles. The van der Waals surface area contributed by atoms with Gasteiger partial charge in [-0.15, -0.1) is 11.3 Å². The van der Waals surface area contributed by atoms with E-state index in [1.807, 2.05) is 18.2 Å². The Bertz CT molecular complexity index is 1170. The maximum atomic E-state index is 13.0. The van der Waals surface area contributed by atoms with Gasteiger partial charge in [-0.2, -0.15) is 0 Å². The van der Waals surface area contributed by atoms with E-state index in [2.05, 4.69) is 25.2 Å². The van der Waals surface area contributed by atoms with Crippen LogP contribution >= 0.6 is 11.3 Å². The number of carbonyl (C=O) groups is 1. The smallest absolute Gasteiger partial charge is 0.332 e. The van der Waals surface area contributed by atoms with Crippen LogP contribution in [0.15, 0.2) is 45.3 Å². The topological polar surface area (TPSA) is 73.1 Å². The SMILES string of the molecule is CC(C)CCn1c(=O)c2sccc2n(CC(=O)N[C@H]2CCc3ccccc32)c1=O. The Morgan fingerprint density at radius 1 is 1.21 bits per heavy atom. The van der Waals surface area contributed by atoms with Crippen molar-refractivity contribution >= 4 is 27.5 Å². The monoisotopic (exact) mass is 411 g/mol. The summed E-state index contributed by atoms with van der Waals surface area (Å²) in [6.07, 6.45) is 2.54. The van der Waals surface area contributed by atoms with Gasteiger partial charge in [-0.3, -0.25) is 18.7 Å². The average Bonchev–Trinajstić information content (AvgIpc) is 3.33. The number of fused-ring (bicyclic) bond motifs is 2. The Kier molecular flexibility index (Phi) is 5.41. The van der Waals surface area contributed by atoms with Crippen molar-refractivity contribution in [1.29, 1.82) is 0 Å². The molecule has 0 saturated carbocycles. The molecule has 152 valence electrons. The number of aromatic nitrogens is 2. The molecule has 0 fully saturated rings. The summed E-state index contributed by atoms with van der Waals surface area (Å²) >= 11 is 1.31. The summed E-state index contributed by atoms with van der Waals surface area (Å²) in [6, 6.07) is 9.84. The molecule has 4 rings (SSSR count). The van der Waals surface area contributed by atoms with Crippen LogP contribution in [0.3, 0.4) is 0 Å². The fourth-order valence-corrected chi connectivity index (χ4v) is 4.80. The van der Waals surface area contributed by atoms with E-state index in [1.165, 1.54) is 26.0 Å². The van der Waals surface area contributed by atoms with Gasteiger partial charge in [-0.1, -0.05) is 38.1 Å². The molecule has 2 aromatic heterocycles.